The highest BCUT2D eigenvalue weighted by molar-refractivity contribution is 7.95. The zero-order valence-corrected chi connectivity index (χ0v) is 12.8. The Bertz CT molecular complexity index is 884. The predicted octanol–water partition coefficient (Wildman–Crippen LogP) is 3.77. The highest BCUT2D eigenvalue weighted by Gasteiger charge is 2.20. The third-order valence-corrected chi connectivity index (χ3v) is 4.61. The van der Waals surface area contributed by atoms with Crippen molar-refractivity contribution in [1.82, 2.24) is 0 Å². The molecule has 2 aromatic carbocycles. The summed E-state index contributed by atoms with van der Waals surface area (Å²) in [5, 5.41) is 9.12. The number of hydrogen-bond acceptors (Lipinski definition) is 4. The van der Waals surface area contributed by atoms with Crippen molar-refractivity contribution in [1.29, 1.82) is 5.26 Å². The number of hydrogen-bond donors (Lipinski definition) is 0. The normalized spacial score (nSPS) is 12.0. The van der Waals surface area contributed by atoms with Gasteiger partial charge >= 0.3 is 6.61 Å². The predicted molar refractivity (Wildman–Crippen MR) is 80.2 cm³/mol. The summed E-state index contributed by atoms with van der Waals surface area (Å²) in [6, 6.07) is 10.7. The molecule has 0 saturated carbocycles. The number of halogens is 3. The molecule has 0 unspecified atom stereocenters. The van der Waals surface area contributed by atoms with Crippen LogP contribution in [0.4, 0.5) is 13.2 Å². The number of rotatable bonds is 5. The molecule has 2 aromatic rings. The van der Waals surface area contributed by atoms with Crippen LogP contribution in [0.5, 0.6) is 5.75 Å². The van der Waals surface area contributed by atoms with Gasteiger partial charge in [-0.1, -0.05) is 12.1 Å². The van der Waals surface area contributed by atoms with Crippen LogP contribution in [0.3, 0.4) is 0 Å². The second-order valence-electron chi connectivity index (χ2n) is 4.53. The number of allylic oxidation sites excluding steroid dienone is 1. The third-order valence-electron chi connectivity index (χ3n) is 2.93. The molecule has 0 saturated heterocycles. The van der Waals surface area contributed by atoms with Crippen LogP contribution < -0.4 is 4.74 Å². The largest absolute Gasteiger partial charge is 0.435 e. The van der Waals surface area contributed by atoms with Gasteiger partial charge in [0.2, 0.25) is 9.84 Å². The molecule has 0 aromatic heterocycles. The maximum Gasteiger partial charge on any atom is 0.387 e. The van der Waals surface area contributed by atoms with E-state index in [1.165, 1.54) is 24.3 Å². The lowest BCUT2D eigenvalue weighted by atomic mass is 10.2. The minimum Gasteiger partial charge on any atom is -0.435 e. The summed E-state index contributed by atoms with van der Waals surface area (Å²) in [6.45, 7) is -2.97. The van der Waals surface area contributed by atoms with Crippen LogP contribution in [0.2, 0.25) is 0 Å². The molecule has 0 spiro atoms. The quantitative estimate of drug-likeness (QED) is 0.606. The Morgan fingerprint density at radius 2 is 1.67 bits per heavy atom. The standard InChI is InChI=1S/C16H10F3NO3S/c17-12-3-7-14(8-4-12)24(21,22)15(10-20)9-11-1-5-13(6-2-11)23-16(18)19/h1-9,16H. The lowest BCUT2D eigenvalue weighted by Gasteiger charge is -2.05. The molecule has 0 heterocycles. The molecule has 0 N–H and O–H groups in total. The van der Waals surface area contributed by atoms with E-state index < -0.39 is 27.2 Å². The van der Waals surface area contributed by atoms with E-state index in [1.54, 1.807) is 6.07 Å². The average molecular weight is 353 g/mol. The molecular formula is C16H10F3NO3S. The Morgan fingerprint density at radius 1 is 1.08 bits per heavy atom. The van der Waals surface area contributed by atoms with Gasteiger partial charge in [-0.05, 0) is 48.0 Å². The number of ether oxygens (including phenoxy) is 1. The summed E-state index contributed by atoms with van der Waals surface area (Å²) in [7, 11) is -4.11. The smallest absolute Gasteiger partial charge is 0.387 e. The number of nitriles is 1. The SMILES string of the molecule is N#CC(=Cc1ccc(OC(F)F)cc1)S(=O)(=O)c1ccc(F)cc1. The van der Waals surface area contributed by atoms with Crippen LogP contribution in [0.25, 0.3) is 6.08 Å². The molecule has 124 valence electrons. The zero-order chi connectivity index (χ0) is 17.7. The van der Waals surface area contributed by atoms with Crippen LogP contribution in [-0.2, 0) is 9.84 Å². The maximum absolute atomic E-state index is 12.9. The van der Waals surface area contributed by atoms with Crippen LogP contribution >= 0.6 is 0 Å². The van der Waals surface area contributed by atoms with Crippen LogP contribution in [0.1, 0.15) is 5.56 Å². The van der Waals surface area contributed by atoms with E-state index in [9.17, 15) is 21.6 Å². The second-order valence-corrected chi connectivity index (χ2v) is 6.44. The first-order chi connectivity index (χ1) is 11.3. The highest BCUT2D eigenvalue weighted by Crippen LogP contribution is 2.23. The van der Waals surface area contributed by atoms with E-state index >= 15 is 0 Å². The zero-order valence-electron chi connectivity index (χ0n) is 12.0. The van der Waals surface area contributed by atoms with E-state index in [1.807, 2.05) is 0 Å². The van der Waals surface area contributed by atoms with Crippen molar-refractivity contribution in [3.8, 4) is 11.8 Å². The van der Waals surface area contributed by atoms with E-state index in [0.29, 0.717) is 5.56 Å². The molecule has 0 amide bonds. The minimum absolute atomic E-state index is 0.0953. The monoisotopic (exact) mass is 353 g/mol. The van der Waals surface area contributed by atoms with Crippen molar-refractivity contribution in [2.24, 2.45) is 0 Å². The number of nitrogens with zero attached hydrogens (tertiary/aromatic N) is 1. The van der Waals surface area contributed by atoms with Crippen molar-refractivity contribution >= 4 is 15.9 Å². The molecule has 4 nitrogen and oxygen atoms in total. The molecule has 0 aliphatic rings. The van der Waals surface area contributed by atoms with Gasteiger partial charge in [-0.25, -0.2) is 12.8 Å². The fraction of sp³-hybridized carbons (Fsp3) is 0.0625. The van der Waals surface area contributed by atoms with E-state index in [0.717, 1.165) is 30.3 Å². The number of alkyl halides is 2. The average Bonchev–Trinajstić information content (AvgIpc) is 2.54. The van der Waals surface area contributed by atoms with Crippen molar-refractivity contribution in [3.05, 3.63) is 64.8 Å². The van der Waals surface area contributed by atoms with Gasteiger partial charge in [0, 0.05) is 0 Å². The maximum atomic E-state index is 12.9. The van der Waals surface area contributed by atoms with E-state index in [4.69, 9.17) is 5.26 Å². The van der Waals surface area contributed by atoms with E-state index in [-0.39, 0.29) is 10.6 Å². The van der Waals surface area contributed by atoms with Gasteiger partial charge in [-0.3, -0.25) is 0 Å². The number of benzene rings is 2. The lowest BCUT2D eigenvalue weighted by Crippen LogP contribution is -2.04. The van der Waals surface area contributed by atoms with Gasteiger partial charge in [0.25, 0.3) is 0 Å². The third kappa shape index (κ3) is 4.14. The Hall–Kier alpha value is -2.79. The minimum atomic E-state index is -4.11. The Balaban J connectivity index is 2.35. The molecule has 0 aliphatic carbocycles. The van der Waals surface area contributed by atoms with Crippen molar-refractivity contribution in [3.63, 3.8) is 0 Å². The first-order valence-corrected chi connectivity index (χ1v) is 7.98. The van der Waals surface area contributed by atoms with Crippen molar-refractivity contribution in [2.45, 2.75) is 11.5 Å². The van der Waals surface area contributed by atoms with Crippen LogP contribution in [0.15, 0.2) is 58.3 Å². The molecular weight excluding hydrogens is 343 g/mol. The summed E-state index contributed by atoms with van der Waals surface area (Å²) in [4.78, 5) is -0.786. The Kier molecular flexibility index (Phi) is 5.26. The molecule has 0 fully saturated rings. The molecule has 24 heavy (non-hydrogen) atoms. The summed E-state index contributed by atoms with van der Waals surface area (Å²) < 4.78 is 65.9. The first-order valence-electron chi connectivity index (χ1n) is 6.50. The molecule has 0 aliphatic heterocycles. The molecule has 0 atom stereocenters. The molecule has 0 radical (unpaired) electrons. The van der Waals surface area contributed by atoms with Gasteiger partial charge in [0.05, 0.1) is 4.90 Å². The van der Waals surface area contributed by atoms with Crippen molar-refractivity contribution in [2.75, 3.05) is 0 Å². The van der Waals surface area contributed by atoms with Gasteiger partial charge in [-0.15, -0.1) is 0 Å². The molecule has 0 bridgehead atoms. The summed E-state index contributed by atoms with van der Waals surface area (Å²) in [6.07, 6.45) is 1.09. The summed E-state index contributed by atoms with van der Waals surface area (Å²) in [5.41, 5.74) is 0.304. The van der Waals surface area contributed by atoms with E-state index in [2.05, 4.69) is 4.74 Å². The number of sulfone groups is 1. The van der Waals surface area contributed by atoms with Gasteiger partial charge in [0.1, 0.15) is 22.5 Å². The Morgan fingerprint density at radius 3 is 2.17 bits per heavy atom. The summed E-state index contributed by atoms with van der Waals surface area (Å²) in [5.74, 6) is -0.701. The lowest BCUT2D eigenvalue weighted by molar-refractivity contribution is -0.0498. The topological polar surface area (TPSA) is 67.2 Å². The fourth-order valence-corrected chi connectivity index (χ4v) is 2.97. The summed E-state index contributed by atoms with van der Waals surface area (Å²) >= 11 is 0. The van der Waals surface area contributed by atoms with Crippen LogP contribution in [-0.4, -0.2) is 15.0 Å². The fourth-order valence-electron chi connectivity index (χ4n) is 1.81. The van der Waals surface area contributed by atoms with Gasteiger partial charge in [-0.2, -0.15) is 14.0 Å². The second kappa shape index (κ2) is 7.19. The van der Waals surface area contributed by atoms with Crippen LogP contribution in [0, 0.1) is 17.1 Å². The Labute approximate surface area is 136 Å². The first kappa shape index (κ1) is 17.6. The van der Waals surface area contributed by atoms with Gasteiger partial charge < -0.3 is 4.74 Å². The molecule has 8 heteroatoms. The highest BCUT2D eigenvalue weighted by atomic mass is 32.2. The van der Waals surface area contributed by atoms with Crippen molar-refractivity contribution < 1.29 is 26.3 Å². The molecule has 2 rings (SSSR count). The van der Waals surface area contributed by atoms with Gasteiger partial charge in [0.15, 0.2) is 0 Å².